The molecule has 4 N–H and O–H groups in total. The average Bonchev–Trinajstić information content (AvgIpc) is 3.18. The summed E-state index contributed by atoms with van der Waals surface area (Å²) in [5.41, 5.74) is 8.94. The minimum atomic E-state index is -3.70. The van der Waals surface area contributed by atoms with Gasteiger partial charge < -0.3 is 16.4 Å². The number of aryl methyl sites for hydroxylation is 1. The molecule has 1 fully saturated rings. The molecule has 0 saturated carbocycles. The first-order valence-electron chi connectivity index (χ1n) is 9.86. The van der Waals surface area contributed by atoms with Crippen molar-refractivity contribution in [3.63, 3.8) is 0 Å². The highest BCUT2D eigenvalue weighted by Crippen LogP contribution is 2.21. The van der Waals surface area contributed by atoms with E-state index in [1.54, 1.807) is 18.2 Å². The number of nitrogens with two attached hydrogens (primary N) is 1. The van der Waals surface area contributed by atoms with Gasteiger partial charge in [0, 0.05) is 31.9 Å². The van der Waals surface area contributed by atoms with Crippen LogP contribution in [0.2, 0.25) is 0 Å². The molecule has 1 saturated heterocycles. The van der Waals surface area contributed by atoms with Crippen molar-refractivity contribution in [1.29, 1.82) is 0 Å². The third-order valence-electron chi connectivity index (χ3n) is 5.01. The molecule has 1 aliphatic rings. The number of nitrogens with one attached hydrogen (secondary N) is 2. The highest BCUT2D eigenvalue weighted by Gasteiger charge is 2.44. The van der Waals surface area contributed by atoms with Crippen molar-refractivity contribution in [1.82, 2.24) is 14.5 Å². The molecule has 2 aromatic carbocycles. The predicted octanol–water partition coefficient (Wildman–Crippen LogP) is 1.21. The number of urea groups is 1. The smallest absolute Gasteiger partial charge is 0.323 e. The molecule has 31 heavy (non-hydrogen) atoms. The number of nitrogens with zero attached hydrogens (tertiary/aromatic N) is 2. The normalized spacial score (nSPS) is 16.9. The fraction of sp³-hybridized carbons (Fsp3) is 0.333. The van der Waals surface area contributed by atoms with Gasteiger partial charge in [0.1, 0.15) is 0 Å². The molecule has 0 radical (unpaired) electrons. The van der Waals surface area contributed by atoms with Crippen LogP contribution in [-0.4, -0.2) is 55.1 Å². The molecular formula is C21H27N5O4S. The molecule has 3 rings (SSSR count). The summed E-state index contributed by atoms with van der Waals surface area (Å²) in [7, 11) is -3.70. The lowest BCUT2D eigenvalue weighted by atomic mass is 10.1. The van der Waals surface area contributed by atoms with Crippen molar-refractivity contribution in [2.75, 3.05) is 24.7 Å². The van der Waals surface area contributed by atoms with E-state index in [1.165, 1.54) is 4.90 Å². The fourth-order valence-corrected chi connectivity index (χ4v) is 4.49. The van der Waals surface area contributed by atoms with Crippen LogP contribution in [0.3, 0.4) is 0 Å². The van der Waals surface area contributed by atoms with E-state index in [0.717, 1.165) is 27.3 Å². The van der Waals surface area contributed by atoms with Gasteiger partial charge in [0.15, 0.2) is 6.17 Å². The summed E-state index contributed by atoms with van der Waals surface area (Å²) in [5.74, 6) is -0.569. The Morgan fingerprint density at radius 2 is 1.81 bits per heavy atom. The minimum Gasteiger partial charge on any atom is -0.349 e. The molecule has 10 heteroatoms. The third-order valence-corrected chi connectivity index (χ3v) is 6.25. The van der Waals surface area contributed by atoms with E-state index in [9.17, 15) is 18.0 Å². The van der Waals surface area contributed by atoms with E-state index in [2.05, 4.69) is 10.6 Å². The van der Waals surface area contributed by atoms with Crippen molar-refractivity contribution in [2.45, 2.75) is 26.2 Å². The Balaban J connectivity index is 1.77. The lowest BCUT2D eigenvalue weighted by Crippen LogP contribution is -2.54. The largest absolute Gasteiger partial charge is 0.349 e. The summed E-state index contributed by atoms with van der Waals surface area (Å²) < 4.78 is 25.5. The van der Waals surface area contributed by atoms with Gasteiger partial charge in [-0.15, -0.1) is 0 Å². The second kappa shape index (κ2) is 9.46. The lowest BCUT2D eigenvalue weighted by molar-refractivity contribution is -0.127. The van der Waals surface area contributed by atoms with Gasteiger partial charge in [-0.3, -0.25) is 9.69 Å². The summed E-state index contributed by atoms with van der Waals surface area (Å²) in [4.78, 5) is 27.1. The first kappa shape index (κ1) is 22.7. The molecule has 0 aliphatic carbocycles. The molecule has 0 aromatic heterocycles. The van der Waals surface area contributed by atoms with Gasteiger partial charge in [-0.2, -0.15) is 4.31 Å². The van der Waals surface area contributed by atoms with Crippen LogP contribution in [0.15, 0.2) is 48.5 Å². The van der Waals surface area contributed by atoms with E-state index in [1.807, 2.05) is 37.3 Å². The van der Waals surface area contributed by atoms with Gasteiger partial charge in [-0.25, -0.2) is 13.2 Å². The van der Waals surface area contributed by atoms with Gasteiger partial charge in [0.05, 0.1) is 6.26 Å². The monoisotopic (exact) mass is 445 g/mol. The van der Waals surface area contributed by atoms with Crippen LogP contribution < -0.4 is 16.4 Å². The van der Waals surface area contributed by atoms with Gasteiger partial charge in [-0.05, 0) is 35.7 Å². The van der Waals surface area contributed by atoms with Crippen molar-refractivity contribution >= 4 is 27.6 Å². The van der Waals surface area contributed by atoms with Crippen molar-refractivity contribution < 1.29 is 18.0 Å². The molecular weight excluding hydrogens is 418 g/mol. The van der Waals surface area contributed by atoms with Crippen LogP contribution in [0.5, 0.6) is 0 Å². The standard InChI is InChI=1S/C21H27N5O4S/c1-15-5-3-8-18(11-15)24-21(28)25-9-10-26(31(2,29)30)20(25)19(27)23-14-17-7-4-6-16(12-17)13-22/h3-8,11-12,20H,9-10,13-14,22H2,1-2H3,(H,23,27)(H,24,28). The van der Waals surface area contributed by atoms with Gasteiger partial charge >= 0.3 is 6.03 Å². The van der Waals surface area contributed by atoms with Crippen LogP contribution in [0, 0.1) is 6.92 Å². The highest BCUT2D eigenvalue weighted by atomic mass is 32.2. The maximum Gasteiger partial charge on any atom is 0.323 e. The van der Waals surface area contributed by atoms with E-state index in [0.29, 0.717) is 12.2 Å². The average molecular weight is 446 g/mol. The maximum absolute atomic E-state index is 13.0. The molecule has 1 atom stereocenters. The molecule has 9 nitrogen and oxygen atoms in total. The Labute approximate surface area is 182 Å². The predicted molar refractivity (Wildman–Crippen MR) is 118 cm³/mol. The Morgan fingerprint density at radius 3 is 2.48 bits per heavy atom. The number of hydrogen-bond acceptors (Lipinski definition) is 5. The lowest BCUT2D eigenvalue weighted by Gasteiger charge is -2.28. The number of rotatable bonds is 6. The minimum absolute atomic E-state index is 0.0425. The number of carbonyl (C=O) groups excluding carboxylic acids is 2. The van der Waals surface area contributed by atoms with Crippen molar-refractivity contribution in [3.8, 4) is 0 Å². The van der Waals surface area contributed by atoms with E-state index < -0.39 is 28.1 Å². The Kier molecular flexibility index (Phi) is 6.94. The Hall–Kier alpha value is -2.95. The quantitative estimate of drug-likeness (QED) is 0.616. The maximum atomic E-state index is 13.0. The Bertz CT molecular complexity index is 1070. The van der Waals surface area contributed by atoms with Gasteiger partial charge in [0.25, 0.3) is 5.91 Å². The number of hydrogen-bond donors (Lipinski definition) is 3. The van der Waals surface area contributed by atoms with Crippen LogP contribution in [-0.2, 0) is 27.9 Å². The van der Waals surface area contributed by atoms with Crippen LogP contribution >= 0.6 is 0 Å². The number of carbonyl (C=O) groups is 2. The number of benzene rings is 2. The molecule has 2 aromatic rings. The molecule has 0 bridgehead atoms. The highest BCUT2D eigenvalue weighted by molar-refractivity contribution is 7.88. The first-order chi connectivity index (χ1) is 14.7. The molecule has 1 unspecified atom stereocenters. The summed E-state index contributed by atoms with van der Waals surface area (Å²) >= 11 is 0. The third kappa shape index (κ3) is 5.60. The number of sulfonamides is 1. The summed E-state index contributed by atoms with van der Waals surface area (Å²) in [6, 6.07) is 14.1. The second-order valence-corrected chi connectivity index (χ2v) is 9.42. The molecule has 1 aliphatic heterocycles. The Morgan fingerprint density at radius 1 is 1.10 bits per heavy atom. The zero-order valence-corrected chi connectivity index (χ0v) is 18.4. The molecule has 166 valence electrons. The van der Waals surface area contributed by atoms with E-state index >= 15 is 0 Å². The van der Waals surface area contributed by atoms with Crippen LogP contribution in [0.4, 0.5) is 10.5 Å². The molecule has 3 amide bonds. The molecule has 0 spiro atoms. The van der Waals surface area contributed by atoms with Crippen molar-refractivity contribution in [3.05, 3.63) is 65.2 Å². The molecule has 1 heterocycles. The number of anilines is 1. The van der Waals surface area contributed by atoms with Crippen LogP contribution in [0.1, 0.15) is 16.7 Å². The van der Waals surface area contributed by atoms with Crippen LogP contribution in [0.25, 0.3) is 0 Å². The van der Waals surface area contributed by atoms with Crippen molar-refractivity contribution in [2.24, 2.45) is 5.73 Å². The van der Waals surface area contributed by atoms with E-state index in [-0.39, 0.29) is 19.6 Å². The summed E-state index contributed by atoms with van der Waals surface area (Å²) in [5, 5.41) is 5.49. The summed E-state index contributed by atoms with van der Waals surface area (Å²) in [6.07, 6.45) is -0.238. The fourth-order valence-electron chi connectivity index (χ4n) is 3.50. The number of amides is 3. The SMILES string of the molecule is Cc1cccc(NC(=O)N2CCN(S(C)(=O)=O)C2C(=O)NCc2cccc(CN)c2)c1. The topological polar surface area (TPSA) is 125 Å². The second-order valence-electron chi connectivity index (χ2n) is 7.48. The van der Waals surface area contributed by atoms with E-state index in [4.69, 9.17) is 5.73 Å². The zero-order valence-electron chi connectivity index (χ0n) is 17.5. The van der Waals surface area contributed by atoms with Gasteiger partial charge in [-0.1, -0.05) is 36.4 Å². The summed E-state index contributed by atoms with van der Waals surface area (Å²) in [6.45, 7) is 2.60. The zero-order chi connectivity index (χ0) is 22.6. The first-order valence-corrected chi connectivity index (χ1v) is 11.7. The van der Waals surface area contributed by atoms with Gasteiger partial charge in [0.2, 0.25) is 10.0 Å².